The van der Waals surface area contributed by atoms with E-state index in [9.17, 15) is 9.59 Å². The van der Waals surface area contributed by atoms with Gasteiger partial charge in [0, 0.05) is 31.7 Å². The molecule has 158 valence electrons. The molecule has 1 atom stereocenters. The summed E-state index contributed by atoms with van der Waals surface area (Å²) in [5.74, 6) is 0.755. The number of hydrogen-bond acceptors (Lipinski definition) is 3. The fourth-order valence-electron chi connectivity index (χ4n) is 4.04. The molecule has 1 N–H and O–H groups in total. The molecule has 3 amide bonds. The molecular weight excluding hydrogens is 402 g/mol. The normalized spacial score (nSPS) is 19.2. The molecule has 0 saturated carbocycles. The van der Waals surface area contributed by atoms with E-state index in [-0.39, 0.29) is 18.0 Å². The highest BCUT2D eigenvalue weighted by atomic mass is 35.5. The number of hydrogen-bond donors (Lipinski definition) is 1. The smallest absolute Gasteiger partial charge is 0.317 e. The molecule has 0 aromatic heterocycles. The third-order valence-electron chi connectivity index (χ3n) is 5.66. The van der Waals surface area contributed by atoms with Crippen molar-refractivity contribution in [2.75, 3.05) is 32.8 Å². The molecule has 2 aliphatic heterocycles. The lowest BCUT2D eigenvalue weighted by Gasteiger charge is -2.26. The predicted octanol–water partition coefficient (Wildman–Crippen LogP) is 4.11. The zero-order valence-corrected chi connectivity index (χ0v) is 17.6. The summed E-state index contributed by atoms with van der Waals surface area (Å²) >= 11 is 6.19. The Morgan fingerprint density at radius 1 is 0.933 bits per heavy atom. The molecule has 2 aromatic carbocycles. The number of rotatable bonds is 2. The maximum atomic E-state index is 13.0. The van der Waals surface area contributed by atoms with Crippen LogP contribution in [0.1, 0.15) is 41.2 Å². The number of amides is 3. The standard InChI is InChI=1S/C23H26ClN3O3/c24-19-9-3-1-7-17(19)22(28)26-12-6-13-27(15-14-26)23(29)25-20-10-5-16-30-21-11-4-2-8-18(20)21/h1-4,7-9,11,20H,5-6,10,12-16H2,(H,25,29). The molecule has 1 saturated heterocycles. The van der Waals surface area contributed by atoms with Crippen LogP contribution in [0.5, 0.6) is 5.75 Å². The number of ether oxygens (including phenoxy) is 1. The van der Waals surface area contributed by atoms with Crippen molar-refractivity contribution in [3.63, 3.8) is 0 Å². The lowest BCUT2D eigenvalue weighted by molar-refractivity contribution is 0.0762. The molecule has 2 heterocycles. The van der Waals surface area contributed by atoms with Crippen LogP contribution < -0.4 is 10.1 Å². The second kappa shape index (κ2) is 9.39. The van der Waals surface area contributed by atoms with Crippen LogP contribution in [0.4, 0.5) is 4.79 Å². The van der Waals surface area contributed by atoms with Crippen LogP contribution in [0, 0.1) is 0 Å². The Kier molecular flexibility index (Phi) is 6.43. The molecular formula is C23H26ClN3O3. The minimum absolute atomic E-state index is 0.0692. The maximum Gasteiger partial charge on any atom is 0.317 e. The summed E-state index contributed by atoms with van der Waals surface area (Å²) in [6, 6.07) is 14.8. The maximum absolute atomic E-state index is 13.0. The molecule has 0 spiro atoms. The Morgan fingerprint density at radius 3 is 2.53 bits per heavy atom. The van der Waals surface area contributed by atoms with Gasteiger partial charge in [-0.1, -0.05) is 41.9 Å². The quantitative estimate of drug-likeness (QED) is 0.784. The highest BCUT2D eigenvalue weighted by molar-refractivity contribution is 6.33. The van der Waals surface area contributed by atoms with Crippen LogP contribution in [0.3, 0.4) is 0 Å². The second-order valence-corrected chi connectivity index (χ2v) is 8.05. The largest absolute Gasteiger partial charge is 0.493 e. The first-order valence-electron chi connectivity index (χ1n) is 10.4. The highest BCUT2D eigenvalue weighted by Crippen LogP contribution is 2.31. The zero-order valence-electron chi connectivity index (χ0n) is 16.9. The van der Waals surface area contributed by atoms with Crippen molar-refractivity contribution in [1.29, 1.82) is 0 Å². The van der Waals surface area contributed by atoms with Crippen molar-refractivity contribution in [2.45, 2.75) is 25.3 Å². The summed E-state index contributed by atoms with van der Waals surface area (Å²) in [5.41, 5.74) is 1.53. The van der Waals surface area contributed by atoms with Gasteiger partial charge in [0.05, 0.1) is 23.2 Å². The Bertz CT molecular complexity index is 920. The Hall–Kier alpha value is -2.73. The van der Waals surface area contributed by atoms with E-state index in [0.717, 1.165) is 30.6 Å². The molecule has 30 heavy (non-hydrogen) atoms. The Balaban J connectivity index is 1.39. The molecule has 4 rings (SSSR count). The molecule has 1 fully saturated rings. The van der Waals surface area contributed by atoms with Gasteiger partial charge in [0.1, 0.15) is 5.75 Å². The SMILES string of the molecule is O=C(NC1CCCOc2ccccc21)N1CCCN(C(=O)c2ccccc2Cl)CC1. The molecule has 7 heteroatoms. The molecule has 2 aromatic rings. The van der Waals surface area contributed by atoms with E-state index in [4.69, 9.17) is 16.3 Å². The highest BCUT2D eigenvalue weighted by Gasteiger charge is 2.27. The van der Waals surface area contributed by atoms with E-state index in [2.05, 4.69) is 5.32 Å². The number of urea groups is 1. The number of benzene rings is 2. The summed E-state index contributed by atoms with van der Waals surface area (Å²) in [6.45, 7) is 2.86. The number of fused-ring (bicyclic) bond motifs is 1. The summed E-state index contributed by atoms with van der Waals surface area (Å²) in [6.07, 6.45) is 2.46. The molecule has 0 aliphatic carbocycles. The summed E-state index contributed by atoms with van der Waals surface area (Å²) in [7, 11) is 0. The van der Waals surface area contributed by atoms with Crippen molar-refractivity contribution in [2.24, 2.45) is 0 Å². The van der Waals surface area contributed by atoms with Crippen LogP contribution in [0.25, 0.3) is 0 Å². The molecule has 1 unspecified atom stereocenters. The lowest BCUT2D eigenvalue weighted by atomic mass is 10.0. The van der Waals surface area contributed by atoms with Crippen molar-refractivity contribution in [3.8, 4) is 5.75 Å². The van der Waals surface area contributed by atoms with Crippen molar-refractivity contribution in [3.05, 3.63) is 64.7 Å². The summed E-state index contributed by atoms with van der Waals surface area (Å²) < 4.78 is 5.80. The van der Waals surface area contributed by atoms with Gasteiger partial charge >= 0.3 is 6.03 Å². The van der Waals surface area contributed by atoms with E-state index < -0.39 is 0 Å². The minimum atomic E-state index is -0.0938. The van der Waals surface area contributed by atoms with Crippen LogP contribution >= 0.6 is 11.6 Å². The zero-order chi connectivity index (χ0) is 20.9. The number of nitrogens with zero attached hydrogens (tertiary/aromatic N) is 2. The van der Waals surface area contributed by atoms with E-state index in [1.54, 1.807) is 21.9 Å². The van der Waals surface area contributed by atoms with E-state index in [0.29, 0.717) is 43.4 Å². The molecule has 0 bridgehead atoms. The van der Waals surface area contributed by atoms with Gasteiger partial charge < -0.3 is 19.9 Å². The van der Waals surface area contributed by atoms with Crippen LogP contribution in [-0.2, 0) is 0 Å². The number of carbonyl (C=O) groups excluding carboxylic acids is 2. The van der Waals surface area contributed by atoms with E-state index >= 15 is 0 Å². The Labute approximate surface area is 181 Å². The van der Waals surface area contributed by atoms with Crippen LogP contribution in [-0.4, -0.2) is 54.5 Å². The first-order valence-corrected chi connectivity index (χ1v) is 10.8. The fraction of sp³-hybridized carbons (Fsp3) is 0.391. The summed E-state index contributed by atoms with van der Waals surface area (Å²) in [5, 5.41) is 3.63. The van der Waals surface area contributed by atoms with Gasteiger partial charge in [-0.05, 0) is 37.5 Å². The van der Waals surface area contributed by atoms with Crippen LogP contribution in [0.15, 0.2) is 48.5 Å². The Morgan fingerprint density at radius 2 is 1.67 bits per heavy atom. The number of halogens is 1. The average Bonchev–Trinajstić information content (AvgIpc) is 3.13. The second-order valence-electron chi connectivity index (χ2n) is 7.64. The lowest BCUT2D eigenvalue weighted by Crippen LogP contribution is -2.43. The third-order valence-corrected chi connectivity index (χ3v) is 5.99. The van der Waals surface area contributed by atoms with Gasteiger partial charge in [-0.2, -0.15) is 0 Å². The average molecular weight is 428 g/mol. The number of carbonyl (C=O) groups is 2. The number of para-hydroxylation sites is 1. The predicted molar refractivity (Wildman–Crippen MR) is 116 cm³/mol. The monoisotopic (exact) mass is 427 g/mol. The van der Waals surface area contributed by atoms with Gasteiger partial charge in [-0.15, -0.1) is 0 Å². The van der Waals surface area contributed by atoms with E-state index in [1.165, 1.54) is 0 Å². The topological polar surface area (TPSA) is 61.9 Å². The van der Waals surface area contributed by atoms with Crippen molar-refractivity contribution < 1.29 is 14.3 Å². The third kappa shape index (κ3) is 4.54. The van der Waals surface area contributed by atoms with Gasteiger partial charge in [0.15, 0.2) is 0 Å². The molecule has 6 nitrogen and oxygen atoms in total. The fourth-order valence-corrected chi connectivity index (χ4v) is 4.26. The van der Waals surface area contributed by atoms with E-state index in [1.807, 2.05) is 36.4 Å². The van der Waals surface area contributed by atoms with Crippen molar-refractivity contribution in [1.82, 2.24) is 15.1 Å². The summed E-state index contributed by atoms with van der Waals surface area (Å²) in [4.78, 5) is 29.4. The van der Waals surface area contributed by atoms with Gasteiger partial charge in [0.2, 0.25) is 0 Å². The number of nitrogens with one attached hydrogen (secondary N) is 1. The minimum Gasteiger partial charge on any atom is -0.493 e. The molecule has 0 radical (unpaired) electrons. The first-order chi connectivity index (χ1) is 14.6. The van der Waals surface area contributed by atoms with Gasteiger partial charge in [-0.3, -0.25) is 4.79 Å². The van der Waals surface area contributed by atoms with Crippen LogP contribution in [0.2, 0.25) is 5.02 Å². The van der Waals surface area contributed by atoms with Gasteiger partial charge in [0.25, 0.3) is 5.91 Å². The van der Waals surface area contributed by atoms with Crippen molar-refractivity contribution >= 4 is 23.5 Å². The molecule has 2 aliphatic rings. The first kappa shape index (κ1) is 20.5. The van der Waals surface area contributed by atoms with Gasteiger partial charge in [-0.25, -0.2) is 4.79 Å².